The summed E-state index contributed by atoms with van der Waals surface area (Å²) in [6, 6.07) is 15.7. The summed E-state index contributed by atoms with van der Waals surface area (Å²) in [5.41, 5.74) is 4.41. The van der Waals surface area contributed by atoms with Crippen LogP contribution in [0.4, 0.5) is 11.5 Å². The number of nitrogens with zero attached hydrogens (tertiary/aromatic N) is 5. The van der Waals surface area contributed by atoms with Crippen LogP contribution in [0, 0.1) is 0 Å². The maximum absolute atomic E-state index is 12.9. The van der Waals surface area contributed by atoms with Crippen molar-refractivity contribution in [1.82, 2.24) is 18.3 Å². The lowest BCUT2D eigenvalue weighted by Gasteiger charge is -2.33. The Hall–Kier alpha value is -2.63. The number of hydrogen-bond donors (Lipinski definition) is 1. The number of piperazine rings is 1. The van der Waals surface area contributed by atoms with Crippen molar-refractivity contribution in [3.8, 4) is 10.6 Å². The SMILES string of the molecule is O=C(Nc1cc2cc(-c3nncs3)ccc2cn1)c1cccc(N2CCN(I)CC2)c1. The predicted molar refractivity (Wildman–Crippen MR) is 133 cm³/mol. The first kappa shape index (κ1) is 20.3. The first-order chi connectivity index (χ1) is 15.2. The molecule has 3 heterocycles. The fourth-order valence-electron chi connectivity index (χ4n) is 3.61. The van der Waals surface area contributed by atoms with Crippen molar-refractivity contribution in [3.63, 3.8) is 0 Å². The van der Waals surface area contributed by atoms with Gasteiger partial charge < -0.3 is 10.2 Å². The van der Waals surface area contributed by atoms with Gasteiger partial charge in [0.25, 0.3) is 5.91 Å². The summed E-state index contributed by atoms with van der Waals surface area (Å²) in [6.07, 6.45) is 1.77. The third-order valence-electron chi connectivity index (χ3n) is 5.27. The molecule has 2 aromatic carbocycles. The van der Waals surface area contributed by atoms with Gasteiger partial charge in [0.05, 0.1) is 0 Å². The molecule has 1 aliphatic rings. The lowest BCUT2D eigenvalue weighted by Crippen LogP contribution is -2.42. The Morgan fingerprint density at radius 3 is 2.71 bits per heavy atom. The molecule has 7 nitrogen and oxygen atoms in total. The molecule has 0 aliphatic carbocycles. The standard InChI is InChI=1S/C22H19IN6OS/c23-29-8-6-28(7-9-29)19-3-1-2-15(11-19)21(30)26-20-12-18-10-16(22-27-25-14-31-22)4-5-17(18)13-24-20/h1-5,10-14H,6-9H2,(H,24,26,30). The van der Waals surface area contributed by atoms with Gasteiger partial charge in [0.1, 0.15) is 16.3 Å². The van der Waals surface area contributed by atoms with E-state index in [2.05, 4.69) is 57.4 Å². The molecule has 1 aliphatic heterocycles. The fraction of sp³-hybridized carbons (Fsp3) is 0.182. The van der Waals surface area contributed by atoms with Crippen LogP contribution in [0.25, 0.3) is 21.3 Å². The van der Waals surface area contributed by atoms with Crippen LogP contribution in [0.15, 0.2) is 60.2 Å². The van der Waals surface area contributed by atoms with Crippen molar-refractivity contribution < 1.29 is 4.79 Å². The number of hydrogen-bond acceptors (Lipinski definition) is 7. The number of rotatable bonds is 4. The average Bonchev–Trinajstić information content (AvgIpc) is 3.34. The molecule has 0 unspecified atom stereocenters. The molecule has 2 aromatic heterocycles. The van der Waals surface area contributed by atoms with Gasteiger partial charge in [0.15, 0.2) is 0 Å². The van der Waals surface area contributed by atoms with Crippen molar-refractivity contribution in [2.75, 3.05) is 36.4 Å². The van der Waals surface area contributed by atoms with Gasteiger partial charge >= 0.3 is 0 Å². The Morgan fingerprint density at radius 2 is 1.90 bits per heavy atom. The zero-order valence-corrected chi connectivity index (χ0v) is 19.5. The Balaban J connectivity index is 1.35. The van der Waals surface area contributed by atoms with E-state index >= 15 is 0 Å². The Bertz CT molecular complexity index is 1220. The van der Waals surface area contributed by atoms with Crippen LogP contribution in [-0.4, -0.2) is 50.4 Å². The third-order valence-corrected chi connectivity index (χ3v) is 6.97. The second-order valence-corrected chi connectivity index (χ2v) is 9.47. The van der Waals surface area contributed by atoms with E-state index in [9.17, 15) is 4.79 Å². The highest BCUT2D eigenvalue weighted by Gasteiger charge is 2.17. The highest BCUT2D eigenvalue weighted by molar-refractivity contribution is 14.1. The first-order valence-electron chi connectivity index (χ1n) is 9.89. The van der Waals surface area contributed by atoms with Gasteiger partial charge in [-0.25, -0.2) is 8.10 Å². The summed E-state index contributed by atoms with van der Waals surface area (Å²) in [6.45, 7) is 3.93. The van der Waals surface area contributed by atoms with Gasteiger partial charge in [-0.15, -0.1) is 10.2 Å². The number of aromatic nitrogens is 3. The van der Waals surface area contributed by atoms with E-state index in [4.69, 9.17) is 0 Å². The van der Waals surface area contributed by atoms with Crippen LogP contribution in [-0.2, 0) is 0 Å². The summed E-state index contributed by atoms with van der Waals surface area (Å²) < 4.78 is 2.28. The second kappa shape index (κ2) is 8.85. The number of carbonyl (C=O) groups excluding carboxylic acids is 1. The maximum atomic E-state index is 12.9. The normalized spacial score (nSPS) is 14.7. The minimum atomic E-state index is -0.165. The summed E-state index contributed by atoms with van der Waals surface area (Å²) in [4.78, 5) is 19.6. The fourth-order valence-corrected chi connectivity index (χ4v) is 4.60. The molecule has 1 saturated heterocycles. The zero-order chi connectivity index (χ0) is 21.2. The third kappa shape index (κ3) is 4.53. The Kier molecular flexibility index (Phi) is 5.79. The molecule has 4 aromatic rings. The molecular formula is C22H19IN6OS. The molecule has 1 fully saturated rings. The minimum Gasteiger partial charge on any atom is -0.369 e. The van der Waals surface area contributed by atoms with Gasteiger partial charge in [-0.2, -0.15) is 0 Å². The molecule has 31 heavy (non-hydrogen) atoms. The van der Waals surface area contributed by atoms with E-state index in [1.54, 1.807) is 11.7 Å². The predicted octanol–water partition coefficient (Wildman–Crippen LogP) is 4.48. The number of halogens is 1. The van der Waals surface area contributed by atoms with Crippen molar-refractivity contribution in [1.29, 1.82) is 0 Å². The van der Waals surface area contributed by atoms with E-state index in [-0.39, 0.29) is 5.91 Å². The second-order valence-electron chi connectivity index (χ2n) is 7.28. The molecule has 0 bridgehead atoms. The number of benzene rings is 2. The molecule has 1 N–H and O–H groups in total. The van der Waals surface area contributed by atoms with Crippen molar-refractivity contribution in [2.45, 2.75) is 0 Å². The molecule has 1 amide bonds. The maximum Gasteiger partial charge on any atom is 0.256 e. The monoisotopic (exact) mass is 542 g/mol. The van der Waals surface area contributed by atoms with Gasteiger partial charge in [-0.3, -0.25) is 4.79 Å². The lowest BCUT2D eigenvalue weighted by atomic mass is 10.1. The lowest BCUT2D eigenvalue weighted by molar-refractivity contribution is 0.102. The molecule has 0 atom stereocenters. The molecule has 5 rings (SSSR count). The number of fused-ring (bicyclic) bond motifs is 1. The Morgan fingerprint density at radius 1 is 1.03 bits per heavy atom. The summed E-state index contributed by atoms with van der Waals surface area (Å²) >= 11 is 3.85. The minimum absolute atomic E-state index is 0.165. The molecule has 9 heteroatoms. The van der Waals surface area contributed by atoms with Crippen LogP contribution in [0.1, 0.15) is 10.4 Å². The highest BCUT2D eigenvalue weighted by atomic mass is 127. The van der Waals surface area contributed by atoms with Crippen molar-refractivity contribution >= 4 is 62.4 Å². The van der Waals surface area contributed by atoms with Gasteiger partial charge in [-0.05, 0) is 35.7 Å². The highest BCUT2D eigenvalue weighted by Crippen LogP contribution is 2.26. The van der Waals surface area contributed by atoms with Crippen molar-refractivity contribution in [3.05, 3.63) is 65.8 Å². The number of carbonyl (C=O) groups is 1. The summed E-state index contributed by atoms with van der Waals surface area (Å²) in [5.74, 6) is 0.359. The molecular weight excluding hydrogens is 523 g/mol. The zero-order valence-electron chi connectivity index (χ0n) is 16.5. The number of pyridine rings is 1. The van der Waals surface area contributed by atoms with E-state index < -0.39 is 0 Å². The number of anilines is 2. The van der Waals surface area contributed by atoms with Crippen LogP contribution < -0.4 is 10.2 Å². The first-order valence-corrected chi connectivity index (χ1v) is 11.7. The molecule has 0 radical (unpaired) electrons. The van der Waals surface area contributed by atoms with Crippen LogP contribution in [0.5, 0.6) is 0 Å². The van der Waals surface area contributed by atoms with E-state index in [1.807, 2.05) is 42.5 Å². The van der Waals surface area contributed by atoms with Crippen LogP contribution >= 0.6 is 34.2 Å². The van der Waals surface area contributed by atoms with Gasteiger partial charge in [-0.1, -0.05) is 29.5 Å². The topological polar surface area (TPSA) is 74.2 Å². The van der Waals surface area contributed by atoms with Crippen LogP contribution in [0.2, 0.25) is 0 Å². The smallest absolute Gasteiger partial charge is 0.256 e. The molecule has 0 spiro atoms. The van der Waals surface area contributed by atoms with E-state index in [0.717, 1.165) is 53.2 Å². The summed E-state index contributed by atoms with van der Waals surface area (Å²) in [5, 5.41) is 13.8. The molecule has 0 saturated carbocycles. The van der Waals surface area contributed by atoms with E-state index in [0.29, 0.717) is 11.4 Å². The number of amides is 1. The molecule has 156 valence electrons. The summed E-state index contributed by atoms with van der Waals surface area (Å²) in [7, 11) is 0. The van der Waals surface area contributed by atoms with Gasteiger partial charge in [0.2, 0.25) is 0 Å². The number of nitrogens with one attached hydrogen (secondary N) is 1. The van der Waals surface area contributed by atoms with Gasteiger partial charge in [0, 0.05) is 77.4 Å². The largest absolute Gasteiger partial charge is 0.369 e. The quantitative estimate of drug-likeness (QED) is 0.303. The average molecular weight is 542 g/mol. The Labute approximate surface area is 197 Å². The van der Waals surface area contributed by atoms with Crippen molar-refractivity contribution in [2.24, 2.45) is 0 Å². The van der Waals surface area contributed by atoms with E-state index in [1.165, 1.54) is 11.3 Å². The van der Waals surface area contributed by atoms with Crippen LogP contribution in [0.3, 0.4) is 0 Å².